The SMILES string of the molecule is C#CC/C=C/C(C)=C/C=C/C=C(\C)CC.C/C=C/C.C/C=C/CCC.CC.CC.CC.CC.CCC.CCCC1C(C)=CCCC1(C)C. The largest absolute Gasteiger partial charge is 0.120 e. The van der Waals surface area contributed by atoms with Crippen molar-refractivity contribution in [2.45, 2.75) is 203 Å². The first-order chi connectivity index (χ1) is 23.0. The summed E-state index contributed by atoms with van der Waals surface area (Å²) in [4.78, 5) is 0. The van der Waals surface area contributed by atoms with Crippen molar-refractivity contribution in [1.29, 1.82) is 0 Å². The zero-order valence-electron chi connectivity index (χ0n) is 37.4. The van der Waals surface area contributed by atoms with E-state index in [-0.39, 0.29) is 0 Å². The van der Waals surface area contributed by atoms with Crippen LogP contribution in [0.15, 0.2) is 83.6 Å². The molecule has 0 spiro atoms. The number of hydrogen-bond acceptors (Lipinski definition) is 0. The number of allylic oxidation sites excluding steroid dienone is 14. The lowest BCUT2D eigenvalue weighted by molar-refractivity contribution is 0.203. The van der Waals surface area contributed by atoms with Gasteiger partial charge < -0.3 is 0 Å². The number of unbranched alkanes of at least 4 members (excludes halogenated alkanes) is 1. The molecule has 0 aromatic rings. The van der Waals surface area contributed by atoms with Gasteiger partial charge in [0.05, 0.1) is 0 Å². The fraction of sp³-hybridized carbons (Fsp3) is 0.667. The van der Waals surface area contributed by atoms with Crippen LogP contribution in [0.4, 0.5) is 0 Å². The third-order valence-corrected chi connectivity index (χ3v) is 6.37. The molecule has 0 saturated carbocycles. The molecule has 1 rings (SSSR count). The van der Waals surface area contributed by atoms with Crippen LogP contribution in [0.1, 0.15) is 203 Å². The zero-order chi connectivity index (χ0) is 39.7. The zero-order valence-corrected chi connectivity index (χ0v) is 37.4. The first-order valence-electron chi connectivity index (χ1n) is 20.0. The molecule has 0 heterocycles. The van der Waals surface area contributed by atoms with E-state index in [1.807, 2.05) is 93.5 Å². The van der Waals surface area contributed by atoms with E-state index in [0.717, 1.165) is 12.3 Å². The van der Waals surface area contributed by atoms with Crippen molar-refractivity contribution in [3.63, 3.8) is 0 Å². The van der Waals surface area contributed by atoms with Crippen LogP contribution in [0.3, 0.4) is 0 Å². The van der Waals surface area contributed by atoms with E-state index >= 15 is 0 Å². The summed E-state index contributed by atoms with van der Waals surface area (Å²) in [5.41, 5.74) is 4.78. The molecule has 0 aromatic heterocycles. The average molecular weight is 671 g/mol. The molecule has 1 unspecified atom stereocenters. The maximum Gasteiger partial charge on any atom is 0.0270 e. The minimum atomic E-state index is 0.550. The average Bonchev–Trinajstić information content (AvgIpc) is 3.12. The molecule has 0 fully saturated rings. The topological polar surface area (TPSA) is 0 Å². The lowest BCUT2D eigenvalue weighted by atomic mass is 9.67. The Morgan fingerprint density at radius 3 is 1.60 bits per heavy atom. The smallest absolute Gasteiger partial charge is 0.0270 e. The van der Waals surface area contributed by atoms with Gasteiger partial charge in [0, 0.05) is 6.42 Å². The minimum Gasteiger partial charge on any atom is -0.120 e. The summed E-state index contributed by atoms with van der Waals surface area (Å²) in [5, 5.41) is 0. The summed E-state index contributed by atoms with van der Waals surface area (Å²) in [7, 11) is 0. The van der Waals surface area contributed by atoms with Gasteiger partial charge in [-0.1, -0.05) is 207 Å². The van der Waals surface area contributed by atoms with Gasteiger partial charge in [0.25, 0.3) is 0 Å². The van der Waals surface area contributed by atoms with Crippen LogP contribution < -0.4 is 0 Å². The Hall–Kier alpha value is -2.26. The third-order valence-electron chi connectivity index (χ3n) is 6.37. The molecule has 1 atom stereocenters. The standard InChI is InChI=1S/C15H20.C12H22.C6H12.C4H8.C3H8.4C2H6/c1-5-7-8-12-15(4)13-10-9-11-14(3)6-2;1-5-7-11-10(2)8-6-9-12(11,3)4;1-3-5-6-4-2;1-3-4-2;1-3-2;4*1-2/h1,8-13H,6-7H2,2-4H3;8,11H,5-7,9H2,1-4H3;3,5H,4,6H2,1-2H3;3-4H,1-2H3;3H2,1-2H3;4*1-2H3/b10-9+,12-8+,14-11+,15-13+;;5-3+;4-3+;;;;;. The second-order valence-corrected chi connectivity index (χ2v) is 11.0. The van der Waals surface area contributed by atoms with Gasteiger partial charge in [0.15, 0.2) is 0 Å². The maximum absolute atomic E-state index is 5.14. The van der Waals surface area contributed by atoms with Gasteiger partial charge in [0.2, 0.25) is 0 Å². The highest BCUT2D eigenvalue weighted by atomic mass is 14.4. The second-order valence-electron chi connectivity index (χ2n) is 11.0. The molecule has 0 aliphatic heterocycles. The lowest BCUT2D eigenvalue weighted by Gasteiger charge is -2.38. The highest BCUT2D eigenvalue weighted by Crippen LogP contribution is 2.43. The molecule has 0 radical (unpaired) electrons. The summed E-state index contributed by atoms with van der Waals surface area (Å²) in [5.74, 6) is 3.42. The van der Waals surface area contributed by atoms with Gasteiger partial charge >= 0.3 is 0 Å². The molecule has 0 N–H and O–H groups in total. The molecular formula is C48H94. The van der Waals surface area contributed by atoms with Crippen molar-refractivity contribution in [3.8, 4) is 12.3 Å². The van der Waals surface area contributed by atoms with E-state index in [1.54, 1.807) is 5.57 Å². The van der Waals surface area contributed by atoms with Gasteiger partial charge in [0.1, 0.15) is 0 Å². The summed E-state index contributed by atoms with van der Waals surface area (Å²) >= 11 is 0. The Bertz CT molecular complexity index is 776. The van der Waals surface area contributed by atoms with E-state index in [0.29, 0.717) is 11.8 Å². The Morgan fingerprint density at radius 2 is 1.27 bits per heavy atom. The van der Waals surface area contributed by atoms with Crippen LogP contribution in [0.2, 0.25) is 0 Å². The molecule has 48 heavy (non-hydrogen) atoms. The highest BCUT2D eigenvalue weighted by Gasteiger charge is 2.31. The first-order valence-corrected chi connectivity index (χ1v) is 20.0. The van der Waals surface area contributed by atoms with E-state index < -0.39 is 0 Å². The van der Waals surface area contributed by atoms with Crippen LogP contribution >= 0.6 is 0 Å². The maximum atomic E-state index is 5.14. The Kier molecular flexibility index (Phi) is 84.9. The van der Waals surface area contributed by atoms with Gasteiger partial charge in [-0.3, -0.25) is 0 Å². The van der Waals surface area contributed by atoms with Gasteiger partial charge in [-0.15, -0.1) is 12.3 Å². The number of terminal acetylenes is 1. The van der Waals surface area contributed by atoms with Crippen molar-refractivity contribution in [2.75, 3.05) is 0 Å². The first kappa shape index (κ1) is 64.3. The molecule has 0 bridgehead atoms. The fourth-order valence-corrected chi connectivity index (χ4v) is 3.76. The Morgan fingerprint density at radius 1 is 0.792 bits per heavy atom. The van der Waals surface area contributed by atoms with E-state index in [2.05, 4.69) is 125 Å². The van der Waals surface area contributed by atoms with Crippen molar-refractivity contribution >= 4 is 0 Å². The summed E-state index contributed by atoms with van der Waals surface area (Å²) < 4.78 is 0. The van der Waals surface area contributed by atoms with Gasteiger partial charge in [-0.25, -0.2) is 0 Å². The van der Waals surface area contributed by atoms with E-state index in [4.69, 9.17) is 6.42 Å². The molecule has 0 amide bonds. The molecule has 0 saturated heterocycles. The van der Waals surface area contributed by atoms with Gasteiger partial charge in [-0.05, 0) is 85.0 Å². The predicted molar refractivity (Wildman–Crippen MR) is 236 cm³/mol. The molecule has 286 valence electrons. The fourth-order valence-electron chi connectivity index (χ4n) is 3.76. The summed E-state index contributed by atoms with van der Waals surface area (Å²) in [6.45, 7) is 44.3. The van der Waals surface area contributed by atoms with Crippen LogP contribution in [-0.2, 0) is 0 Å². The predicted octanol–water partition coefficient (Wildman–Crippen LogP) is 18.1. The molecule has 0 heteroatoms. The van der Waals surface area contributed by atoms with Crippen LogP contribution in [-0.4, -0.2) is 0 Å². The molecular weight excluding hydrogens is 577 g/mol. The summed E-state index contributed by atoms with van der Waals surface area (Å²) in [6.07, 6.45) is 39.1. The number of hydrogen-bond donors (Lipinski definition) is 0. The lowest BCUT2D eigenvalue weighted by Crippen LogP contribution is -2.27. The second kappa shape index (κ2) is 63.4. The normalized spacial score (nSPS) is 14.3. The van der Waals surface area contributed by atoms with Crippen molar-refractivity contribution < 1.29 is 0 Å². The monoisotopic (exact) mass is 671 g/mol. The third kappa shape index (κ3) is 62.6. The van der Waals surface area contributed by atoms with Crippen LogP contribution in [0.25, 0.3) is 0 Å². The van der Waals surface area contributed by atoms with Gasteiger partial charge in [-0.2, -0.15) is 0 Å². The quantitative estimate of drug-likeness (QED) is 0.130. The van der Waals surface area contributed by atoms with E-state index in [9.17, 15) is 0 Å². The highest BCUT2D eigenvalue weighted by molar-refractivity contribution is 5.24. The Labute approximate surface area is 309 Å². The van der Waals surface area contributed by atoms with E-state index in [1.165, 1.54) is 56.1 Å². The minimum absolute atomic E-state index is 0.550. The molecule has 0 nitrogen and oxygen atoms in total. The molecule has 1 aliphatic rings. The van der Waals surface area contributed by atoms with Crippen molar-refractivity contribution in [2.24, 2.45) is 11.3 Å². The van der Waals surface area contributed by atoms with Crippen LogP contribution in [0, 0.1) is 23.7 Å². The van der Waals surface area contributed by atoms with Crippen molar-refractivity contribution in [3.05, 3.63) is 83.6 Å². The Balaban J connectivity index is -0.0000000717. The van der Waals surface area contributed by atoms with Crippen molar-refractivity contribution in [1.82, 2.24) is 0 Å². The van der Waals surface area contributed by atoms with Crippen LogP contribution in [0.5, 0.6) is 0 Å². The molecule has 1 aliphatic carbocycles. The summed E-state index contributed by atoms with van der Waals surface area (Å²) in [6, 6.07) is 0. The molecule has 0 aromatic carbocycles. The number of rotatable bonds is 9.